The zero-order valence-electron chi connectivity index (χ0n) is 26.8. The molecule has 0 saturated carbocycles. The Kier molecular flexibility index (Phi) is 19.3. The number of nitrogens with two attached hydrogens (primary N) is 1. The second kappa shape index (κ2) is 20.6. The molecule has 27 heteroatoms. The topological polar surface area (TPSA) is 319 Å². The van der Waals surface area contributed by atoms with Crippen molar-refractivity contribution in [3.05, 3.63) is 65.2 Å². The van der Waals surface area contributed by atoms with Gasteiger partial charge in [0.15, 0.2) is 15.6 Å². The van der Waals surface area contributed by atoms with Crippen molar-refractivity contribution in [2.75, 3.05) is 18.1 Å². The standard InChI is InChI=1S/C25H19ClN6O13S4.3Na/c26-15-1-6-18(14(9-15)12-27)30-31-23-19(46-45-44-34)10-13-11-20(48(37,38)39)24(25(33)21(13)22(23)28)32-29-16-2-4-17(5-3-16)47(35,36)8-7-43-49(40,41)42;;;/h1-6,9-11,33-34H,7-8,28H2,(H,37,38,39)(H,40,41,42);;;/q;3*+1/p-3. The van der Waals surface area contributed by atoms with Crippen LogP contribution >= 0.6 is 23.6 Å². The van der Waals surface area contributed by atoms with Gasteiger partial charge in [0.25, 0.3) is 0 Å². The number of aromatic hydroxyl groups is 1. The number of azo groups is 2. The zero-order chi connectivity index (χ0) is 36.1. The molecule has 52 heavy (non-hydrogen) atoms. The Morgan fingerprint density at radius 3 is 2.12 bits per heavy atom. The van der Waals surface area contributed by atoms with Crippen LogP contribution in [0.2, 0.25) is 5.02 Å². The van der Waals surface area contributed by atoms with Gasteiger partial charge in [-0.25, -0.2) is 25.3 Å². The van der Waals surface area contributed by atoms with Crippen molar-refractivity contribution in [2.45, 2.75) is 14.7 Å². The van der Waals surface area contributed by atoms with Gasteiger partial charge in [0.2, 0.25) is 10.4 Å². The summed E-state index contributed by atoms with van der Waals surface area (Å²) in [6, 6.07) is 12.2. The number of nitrogen functional groups attached to an aromatic ring is 1. The summed E-state index contributed by atoms with van der Waals surface area (Å²) in [5.41, 5.74) is 4.73. The molecule has 19 nitrogen and oxygen atoms in total. The summed E-state index contributed by atoms with van der Waals surface area (Å²) in [5.74, 6) is -1.82. The van der Waals surface area contributed by atoms with Crippen molar-refractivity contribution in [3.8, 4) is 11.8 Å². The number of fused-ring (bicyclic) bond motifs is 1. The molecule has 0 aliphatic heterocycles. The number of hydrogen-bond donors (Lipinski definition) is 2. The van der Waals surface area contributed by atoms with E-state index in [4.69, 9.17) is 17.3 Å². The maximum Gasteiger partial charge on any atom is 1.00 e. The van der Waals surface area contributed by atoms with Crippen molar-refractivity contribution >= 4 is 93.2 Å². The minimum Gasteiger partial charge on any atom is -0.744 e. The van der Waals surface area contributed by atoms with E-state index in [1.54, 1.807) is 0 Å². The van der Waals surface area contributed by atoms with Gasteiger partial charge in [0, 0.05) is 5.02 Å². The van der Waals surface area contributed by atoms with Crippen LogP contribution in [0, 0.1) is 11.3 Å². The number of nitrogens with zero attached hydrogens (tertiary/aromatic N) is 5. The molecule has 0 amide bonds. The largest absolute Gasteiger partial charge is 1.00 e. The molecule has 4 rings (SSSR count). The minimum absolute atomic E-state index is 0. The van der Waals surface area contributed by atoms with Crippen LogP contribution in [0.4, 0.5) is 28.4 Å². The molecule has 0 saturated heterocycles. The van der Waals surface area contributed by atoms with E-state index in [1.165, 1.54) is 18.2 Å². The Bertz CT molecular complexity index is 2380. The molecule has 3 N–H and O–H groups in total. The molecular weight excluding hydrogens is 825 g/mol. The molecule has 4 aromatic carbocycles. The van der Waals surface area contributed by atoms with Gasteiger partial charge in [0.1, 0.15) is 33.2 Å². The number of phenols is 1. The minimum atomic E-state index is -5.36. The van der Waals surface area contributed by atoms with Gasteiger partial charge in [-0.1, -0.05) is 11.6 Å². The van der Waals surface area contributed by atoms with Gasteiger partial charge < -0.3 is 25.2 Å². The molecular formula is C25H16ClN6Na3O13S4. The first kappa shape index (κ1) is 48.7. The van der Waals surface area contributed by atoms with Crippen molar-refractivity contribution in [1.82, 2.24) is 0 Å². The Balaban J connectivity index is 0.00000451. The molecule has 0 aromatic heterocycles. The van der Waals surface area contributed by atoms with E-state index in [9.17, 15) is 50.0 Å². The first-order valence-electron chi connectivity index (χ1n) is 12.6. The Hall–Kier alpha value is -1.32. The number of halogens is 1. The molecule has 0 aliphatic rings. The number of phenolic OH excluding ortho intramolecular Hbond substituents is 1. The molecule has 0 bridgehead atoms. The van der Waals surface area contributed by atoms with E-state index in [0.717, 1.165) is 36.4 Å². The fraction of sp³-hybridized carbons (Fsp3) is 0.0800. The maximum atomic E-state index is 12.4. The van der Waals surface area contributed by atoms with E-state index in [1.807, 2.05) is 6.07 Å². The fourth-order valence-electron chi connectivity index (χ4n) is 4.00. The molecule has 0 unspecified atom stereocenters. The van der Waals surface area contributed by atoms with E-state index in [0.29, 0.717) is 0 Å². The fourth-order valence-corrected chi connectivity index (χ4v) is 6.80. The van der Waals surface area contributed by atoms with Crippen LogP contribution in [-0.4, -0.2) is 51.8 Å². The smallest absolute Gasteiger partial charge is 0.744 e. The molecule has 0 aliphatic carbocycles. The second-order valence-corrected chi connectivity index (χ2v) is 14.9. The van der Waals surface area contributed by atoms with E-state index in [2.05, 4.69) is 34.0 Å². The Labute approximate surface area is 371 Å². The third-order valence-electron chi connectivity index (χ3n) is 6.11. The average Bonchev–Trinajstić information content (AvgIpc) is 3.02. The predicted molar refractivity (Wildman–Crippen MR) is 165 cm³/mol. The number of anilines is 1. The van der Waals surface area contributed by atoms with Gasteiger partial charge in [0.05, 0.1) is 61.4 Å². The predicted octanol–water partition coefficient (Wildman–Crippen LogP) is -5.12. The van der Waals surface area contributed by atoms with Crippen LogP contribution in [0.25, 0.3) is 10.8 Å². The monoisotopic (exact) mass is 840 g/mol. The van der Waals surface area contributed by atoms with E-state index in [-0.39, 0.29) is 149 Å². The number of sulfone groups is 1. The summed E-state index contributed by atoms with van der Waals surface area (Å²) in [4.78, 5) is -1.50. The van der Waals surface area contributed by atoms with E-state index < -0.39 is 64.7 Å². The van der Waals surface area contributed by atoms with Crippen LogP contribution in [0.1, 0.15) is 5.56 Å². The van der Waals surface area contributed by atoms with Crippen LogP contribution < -0.4 is 99.7 Å². The summed E-state index contributed by atoms with van der Waals surface area (Å²) in [5, 5.41) is 49.7. The second-order valence-electron chi connectivity index (χ2n) is 9.20. The third-order valence-corrected chi connectivity index (χ3v) is 9.96. The summed E-state index contributed by atoms with van der Waals surface area (Å²) >= 11 is 6.18. The number of benzene rings is 4. The van der Waals surface area contributed by atoms with Crippen LogP contribution in [-0.2, 0) is 43.9 Å². The van der Waals surface area contributed by atoms with Crippen molar-refractivity contribution in [1.29, 1.82) is 5.26 Å². The summed E-state index contributed by atoms with van der Waals surface area (Å²) in [6.07, 6.45) is 0. The quantitative estimate of drug-likeness (QED) is 0.0186. The van der Waals surface area contributed by atoms with Crippen LogP contribution in [0.15, 0.2) is 89.7 Å². The SMILES string of the molecule is N#Cc1cc(Cl)ccc1N=Nc1c(SOO[O-])cc2cc(S(=O)(=O)[O-])c(N=Nc3ccc(S(=O)(=O)CCOS(=O)(=O)[O-])cc3)c(O)c2c1N.[Na+].[Na+].[Na+]. The summed E-state index contributed by atoms with van der Waals surface area (Å²) in [7, 11) is -14.6. The molecule has 0 atom stereocenters. The van der Waals surface area contributed by atoms with Gasteiger partial charge in [-0.05, 0) is 60.0 Å². The summed E-state index contributed by atoms with van der Waals surface area (Å²) in [6.45, 7) is -0.933. The number of rotatable bonds is 13. The van der Waals surface area contributed by atoms with Gasteiger partial charge in [-0.15, -0.1) is 15.3 Å². The Morgan fingerprint density at radius 2 is 1.54 bits per heavy atom. The zero-order valence-corrected chi connectivity index (χ0v) is 36.8. The maximum absolute atomic E-state index is 12.4. The van der Waals surface area contributed by atoms with Crippen LogP contribution in [0.5, 0.6) is 5.75 Å². The van der Waals surface area contributed by atoms with Crippen molar-refractivity contribution < 1.29 is 147 Å². The van der Waals surface area contributed by atoms with Crippen LogP contribution in [0.3, 0.4) is 0 Å². The number of hydrogen-bond acceptors (Lipinski definition) is 20. The molecule has 0 spiro atoms. The van der Waals surface area contributed by atoms with Crippen molar-refractivity contribution in [3.63, 3.8) is 0 Å². The normalized spacial score (nSPS) is 11.9. The molecule has 4 aromatic rings. The average molecular weight is 841 g/mol. The molecule has 0 fully saturated rings. The number of nitriles is 1. The molecule has 0 radical (unpaired) electrons. The van der Waals surface area contributed by atoms with E-state index >= 15 is 0 Å². The Morgan fingerprint density at radius 1 is 0.904 bits per heavy atom. The van der Waals surface area contributed by atoms with Gasteiger partial charge in [-0.2, -0.15) is 14.7 Å². The van der Waals surface area contributed by atoms with Gasteiger partial charge >= 0.3 is 88.7 Å². The van der Waals surface area contributed by atoms with Gasteiger partial charge in [-0.3, -0.25) is 9.22 Å². The third kappa shape index (κ3) is 12.6. The first-order chi connectivity index (χ1) is 22.9. The van der Waals surface area contributed by atoms with Crippen molar-refractivity contribution in [2.24, 2.45) is 20.5 Å². The molecule has 0 heterocycles. The molecule has 258 valence electrons. The first-order valence-corrected chi connectivity index (χ1v) is 18.1. The summed E-state index contributed by atoms with van der Waals surface area (Å²) < 4.78 is 101.